The molecule has 1 aliphatic carbocycles. The van der Waals surface area contributed by atoms with Crippen molar-refractivity contribution in [2.24, 2.45) is 5.41 Å². The molecule has 1 saturated carbocycles. The Morgan fingerprint density at radius 2 is 1.90 bits per heavy atom. The van der Waals surface area contributed by atoms with E-state index in [1.54, 1.807) is 6.07 Å². The van der Waals surface area contributed by atoms with Crippen LogP contribution in [0.5, 0.6) is 0 Å². The van der Waals surface area contributed by atoms with Gasteiger partial charge in [-0.25, -0.2) is 13.2 Å². The lowest BCUT2D eigenvalue weighted by Crippen LogP contribution is -2.36. The Hall–Kier alpha value is -1.56. The fourth-order valence-corrected chi connectivity index (χ4v) is 5.63. The molecule has 21 heavy (non-hydrogen) atoms. The van der Waals surface area contributed by atoms with Crippen molar-refractivity contribution >= 4 is 21.5 Å². The van der Waals surface area contributed by atoms with Gasteiger partial charge in [-0.2, -0.15) is 0 Å². The van der Waals surface area contributed by atoms with Crippen LogP contribution in [0.1, 0.15) is 42.5 Å². The van der Waals surface area contributed by atoms with Crippen molar-refractivity contribution < 1.29 is 18.3 Å². The van der Waals surface area contributed by atoms with Crippen LogP contribution in [0, 0.1) is 5.41 Å². The zero-order valence-electron chi connectivity index (χ0n) is 11.8. The summed E-state index contributed by atoms with van der Waals surface area (Å²) < 4.78 is 25.4. The number of nitrogens with one attached hydrogen (secondary N) is 1. The molecule has 1 aromatic carbocycles. The van der Waals surface area contributed by atoms with E-state index >= 15 is 0 Å². The maximum absolute atomic E-state index is 12.7. The first-order chi connectivity index (χ1) is 9.92. The van der Waals surface area contributed by atoms with Crippen LogP contribution in [-0.4, -0.2) is 31.8 Å². The highest BCUT2D eigenvalue weighted by atomic mass is 32.2. The molecule has 1 aromatic rings. The van der Waals surface area contributed by atoms with Crippen LogP contribution in [0.15, 0.2) is 23.1 Å². The largest absolute Gasteiger partial charge is 0.478 e. The van der Waals surface area contributed by atoms with Crippen LogP contribution in [0.25, 0.3) is 0 Å². The van der Waals surface area contributed by atoms with E-state index in [2.05, 4.69) is 5.32 Å². The Kier molecular flexibility index (Phi) is 3.43. The monoisotopic (exact) mass is 309 g/mol. The zero-order chi connectivity index (χ0) is 15.1. The molecule has 2 N–H and O–H groups in total. The molecule has 1 heterocycles. The van der Waals surface area contributed by atoms with E-state index in [4.69, 9.17) is 5.11 Å². The maximum atomic E-state index is 12.7. The van der Waals surface area contributed by atoms with Crippen molar-refractivity contribution in [2.75, 3.05) is 17.6 Å². The van der Waals surface area contributed by atoms with Gasteiger partial charge in [0.05, 0.1) is 21.9 Å². The predicted molar refractivity (Wildman–Crippen MR) is 79.5 cm³/mol. The van der Waals surface area contributed by atoms with Crippen molar-refractivity contribution in [2.45, 2.75) is 37.0 Å². The normalized spacial score (nSPS) is 22.9. The van der Waals surface area contributed by atoms with Crippen molar-refractivity contribution in [1.82, 2.24) is 0 Å². The third-order valence-electron chi connectivity index (χ3n) is 4.63. The summed E-state index contributed by atoms with van der Waals surface area (Å²) in [5, 5.41) is 12.3. The fraction of sp³-hybridized carbons (Fsp3) is 0.533. The summed E-state index contributed by atoms with van der Waals surface area (Å²) in [4.78, 5) is 11.2. The maximum Gasteiger partial charge on any atom is 0.335 e. The van der Waals surface area contributed by atoms with Gasteiger partial charge in [-0.05, 0) is 31.0 Å². The molecule has 1 aliphatic heterocycles. The third-order valence-corrected chi connectivity index (χ3v) is 6.63. The molecule has 114 valence electrons. The van der Waals surface area contributed by atoms with E-state index in [1.807, 2.05) is 0 Å². The molecule has 0 amide bonds. The van der Waals surface area contributed by atoms with Gasteiger partial charge >= 0.3 is 5.97 Å². The number of carboxylic acid groups (broad SMARTS) is 1. The van der Waals surface area contributed by atoms with Crippen LogP contribution in [-0.2, 0) is 9.84 Å². The molecule has 0 atom stereocenters. The van der Waals surface area contributed by atoms with E-state index in [9.17, 15) is 13.2 Å². The average Bonchev–Trinajstić information content (AvgIpc) is 2.55. The number of benzene rings is 1. The summed E-state index contributed by atoms with van der Waals surface area (Å²) in [5.41, 5.74) is 0.334. The first kappa shape index (κ1) is 14.4. The lowest BCUT2D eigenvalue weighted by molar-refractivity contribution is 0.0696. The second-order valence-corrected chi connectivity index (χ2v) is 8.15. The summed E-state index contributed by atoms with van der Waals surface area (Å²) in [7, 11) is -3.47. The van der Waals surface area contributed by atoms with Gasteiger partial charge in [0.25, 0.3) is 0 Å². The number of aromatic carboxylic acids is 1. The molecule has 6 heteroatoms. The third kappa shape index (κ3) is 2.64. The summed E-state index contributed by atoms with van der Waals surface area (Å²) >= 11 is 0. The van der Waals surface area contributed by atoms with Crippen molar-refractivity contribution in [3.63, 3.8) is 0 Å². The van der Waals surface area contributed by atoms with Crippen LogP contribution >= 0.6 is 0 Å². The molecule has 1 fully saturated rings. The zero-order valence-corrected chi connectivity index (χ0v) is 12.6. The number of fused-ring (bicyclic) bond motifs is 1. The molecule has 0 aromatic heterocycles. The van der Waals surface area contributed by atoms with E-state index in [0.717, 1.165) is 32.1 Å². The quantitative estimate of drug-likeness (QED) is 0.833. The molecule has 2 aliphatic rings. The Morgan fingerprint density at radius 3 is 2.57 bits per heavy atom. The Balaban J connectivity index is 2.04. The summed E-state index contributed by atoms with van der Waals surface area (Å²) in [5.74, 6) is -0.993. The highest BCUT2D eigenvalue weighted by Gasteiger charge is 2.40. The molecular weight excluding hydrogens is 290 g/mol. The highest BCUT2D eigenvalue weighted by Crippen LogP contribution is 2.42. The Labute approximate surface area is 124 Å². The SMILES string of the molecule is O=C(O)c1ccc2c(c1)S(=O)(=O)CC1(CCCCC1)CN2. The van der Waals surface area contributed by atoms with Crippen LogP contribution in [0.2, 0.25) is 0 Å². The van der Waals surface area contributed by atoms with Crippen LogP contribution in [0.4, 0.5) is 5.69 Å². The van der Waals surface area contributed by atoms with E-state index in [0.29, 0.717) is 12.2 Å². The number of hydrogen-bond acceptors (Lipinski definition) is 4. The highest BCUT2D eigenvalue weighted by molar-refractivity contribution is 7.91. The van der Waals surface area contributed by atoms with Gasteiger partial charge in [0, 0.05) is 12.0 Å². The minimum Gasteiger partial charge on any atom is -0.478 e. The van der Waals surface area contributed by atoms with E-state index in [1.165, 1.54) is 12.1 Å². The van der Waals surface area contributed by atoms with Crippen molar-refractivity contribution in [1.29, 1.82) is 0 Å². The van der Waals surface area contributed by atoms with Gasteiger partial charge in [0.1, 0.15) is 0 Å². The second kappa shape index (κ2) is 5.02. The summed E-state index contributed by atoms with van der Waals surface area (Å²) in [6, 6.07) is 4.29. The van der Waals surface area contributed by atoms with E-state index < -0.39 is 15.8 Å². The summed E-state index contributed by atoms with van der Waals surface area (Å²) in [6.45, 7) is 0.644. The summed E-state index contributed by atoms with van der Waals surface area (Å²) in [6.07, 6.45) is 5.12. The number of carbonyl (C=O) groups is 1. The number of hydrogen-bond donors (Lipinski definition) is 2. The van der Waals surface area contributed by atoms with E-state index in [-0.39, 0.29) is 21.6 Å². The van der Waals surface area contributed by atoms with Gasteiger partial charge in [0.2, 0.25) is 0 Å². The Bertz CT molecular complexity index is 675. The van der Waals surface area contributed by atoms with Crippen LogP contribution in [0.3, 0.4) is 0 Å². The standard InChI is InChI=1S/C15H19NO4S/c17-14(18)11-4-5-12-13(8-11)21(19,20)10-15(9-16-12)6-2-1-3-7-15/h4-5,8,16H,1-3,6-7,9-10H2,(H,17,18). The number of rotatable bonds is 1. The number of anilines is 1. The first-order valence-corrected chi connectivity index (χ1v) is 8.91. The fourth-order valence-electron chi connectivity index (χ4n) is 3.50. The lowest BCUT2D eigenvalue weighted by Gasteiger charge is -2.35. The average molecular weight is 309 g/mol. The molecule has 0 unspecified atom stereocenters. The molecular formula is C15H19NO4S. The molecule has 0 bridgehead atoms. The van der Waals surface area contributed by atoms with Crippen molar-refractivity contribution in [3.8, 4) is 0 Å². The Morgan fingerprint density at radius 1 is 1.19 bits per heavy atom. The molecule has 3 rings (SSSR count). The van der Waals surface area contributed by atoms with Gasteiger partial charge < -0.3 is 10.4 Å². The number of carboxylic acids is 1. The molecule has 0 radical (unpaired) electrons. The minimum absolute atomic E-state index is 0.0127. The van der Waals surface area contributed by atoms with Gasteiger partial charge in [-0.15, -0.1) is 0 Å². The second-order valence-electron chi connectivity index (χ2n) is 6.19. The minimum atomic E-state index is -3.47. The molecule has 5 nitrogen and oxygen atoms in total. The van der Waals surface area contributed by atoms with Gasteiger partial charge in [-0.3, -0.25) is 0 Å². The van der Waals surface area contributed by atoms with Crippen molar-refractivity contribution in [3.05, 3.63) is 23.8 Å². The smallest absolute Gasteiger partial charge is 0.335 e. The van der Waals surface area contributed by atoms with Gasteiger partial charge in [0.15, 0.2) is 9.84 Å². The van der Waals surface area contributed by atoms with Gasteiger partial charge in [-0.1, -0.05) is 19.3 Å². The van der Waals surface area contributed by atoms with Crippen LogP contribution < -0.4 is 5.32 Å². The predicted octanol–water partition coefficient (Wildman–Crippen LogP) is 2.53. The number of sulfone groups is 1. The first-order valence-electron chi connectivity index (χ1n) is 7.26. The molecule has 1 spiro atoms. The lowest BCUT2D eigenvalue weighted by atomic mass is 9.75. The topological polar surface area (TPSA) is 83.5 Å². The molecule has 0 saturated heterocycles.